The molecule has 0 N–H and O–H groups in total. The second-order valence-corrected chi connectivity index (χ2v) is 20.9. The van der Waals surface area contributed by atoms with Gasteiger partial charge in [0.05, 0.1) is 50.8 Å². The fourth-order valence-electron chi connectivity index (χ4n) is 6.43. The van der Waals surface area contributed by atoms with Crippen molar-refractivity contribution in [2.24, 2.45) is 17.8 Å². The minimum atomic E-state index is -2.16. The lowest BCUT2D eigenvalue weighted by molar-refractivity contribution is -0.322. The molecule has 0 aliphatic carbocycles. The third-order valence-electron chi connectivity index (χ3n) is 10.7. The number of methoxy groups -OCH3 is 2. The standard InChI is InChI=1S/C41H66O8Si/c1-29(26-42)39(49-50(11,12)40(4,5)6)31(3)38-25-37(47-41(7,8)48-38)30(2)36(44-10)24-35(22-23-45-27-32-16-14-13-15-17-32)46-28-33-18-20-34(43-9)21-19-33/h13-21,26,29-31,35-39H,22-25,27-28H2,1-12H3/t29-,30+,31-,35-,36-,37-,38+,39+/m0/s1. The van der Waals surface area contributed by atoms with Crippen molar-refractivity contribution in [2.75, 3.05) is 20.8 Å². The Balaban J connectivity index is 1.75. The summed E-state index contributed by atoms with van der Waals surface area (Å²) in [6, 6.07) is 18.2. The van der Waals surface area contributed by atoms with E-state index in [1.165, 1.54) is 0 Å². The Bertz CT molecular complexity index is 1260. The molecule has 8 nitrogen and oxygen atoms in total. The summed E-state index contributed by atoms with van der Waals surface area (Å²) in [6.45, 7) is 23.1. The van der Waals surface area contributed by atoms with Gasteiger partial charge in [-0.2, -0.15) is 0 Å². The Labute approximate surface area is 304 Å². The van der Waals surface area contributed by atoms with Crippen LogP contribution in [0.15, 0.2) is 54.6 Å². The maximum Gasteiger partial charge on any atom is 0.192 e. The van der Waals surface area contributed by atoms with Gasteiger partial charge in [0.25, 0.3) is 0 Å². The van der Waals surface area contributed by atoms with Crippen molar-refractivity contribution in [3.63, 3.8) is 0 Å². The molecule has 1 heterocycles. The van der Waals surface area contributed by atoms with Gasteiger partial charge in [0.15, 0.2) is 14.1 Å². The highest BCUT2D eigenvalue weighted by Crippen LogP contribution is 2.42. The number of carbonyl (C=O) groups excluding carboxylic acids is 1. The molecule has 1 fully saturated rings. The Kier molecular flexibility index (Phi) is 16.2. The summed E-state index contributed by atoms with van der Waals surface area (Å²) < 4.78 is 44.3. The van der Waals surface area contributed by atoms with Crippen molar-refractivity contribution in [2.45, 2.75) is 142 Å². The molecule has 282 valence electrons. The van der Waals surface area contributed by atoms with Crippen molar-refractivity contribution in [1.82, 2.24) is 0 Å². The van der Waals surface area contributed by atoms with E-state index >= 15 is 0 Å². The predicted octanol–water partition coefficient (Wildman–Crippen LogP) is 9.00. The topological polar surface area (TPSA) is 81.7 Å². The van der Waals surface area contributed by atoms with Gasteiger partial charge in [0.2, 0.25) is 0 Å². The van der Waals surface area contributed by atoms with Gasteiger partial charge in [-0.15, -0.1) is 0 Å². The highest BCUT2D eigenvalue weighted by atomic mass is 28.4. The molecule has 0 aromatic heterocycles. The van der Waals surface area contributed by atoms with Gasteiger partial charge in [-0.05, 0) is 61.7 Å². The van der Waals surface area contributed by atoms with Crippen molar-refractivity contribution in [1.29, 1.82) is 0 Å². The van der Waals surface area contributed by atoms with Crippen molar-refractivity contribution < 1.29 is 37.6 Å². The number of hydrogen-bond acceptors (Lipinski definition) is 8. The van der Waals surface area contributed by atoms with E-state index in [1.807, 2.05) is 63.2 Å². The van der Waals surface area contributed by atoms with Crippen LogP contribution >= 0.6 is 0 Å². The lowest BCUT2D eigenvalue weighted by Crippen LogP contribution is -2.55. The largest absolute Gasteiger partial charge is 0.497 e. The van der Waals surface area contributed by atoms with Crippen LogP contribution in [0.5, 0.6) is 5.75 Å². The molecule has 2 aromatic rings. The number of hydrogen-bond donors (Lipinski definition) is 0. The van der Waals surface area contributed by atoms with Crippen LogP contribution in [0, 0.1) is 17.8 Å². The van der Waals surface area contributed by atoms with Crippen LogP contribution in [0.3, 0.4) is 0 Å². The van der Waals surface area contributed by atoms with Crippen LogP contribution in [0.4, 0.5) is 0 Å². The monoisotopic (exact) mass is 714 g/mol. The first-order valence-corrected chi connectivity index (χ1v) is 21.3. The van der Waals surface area contributed by atoms with E-state index in [0.717, 1.165) is 29.6 Å². The summed E-state index contributed by atoms with van der Waals surface area (Å²) in [6.07, 6.45) is 2.33. The van der Waals surface area contributed by atoms with Crippen LogP contribution in [0.25, 0.3) is 0 Å². The smallest absolute Gasteiger partial charge is 0.192 e. The summed E-state index contributed by atoms with van der Waals surface area (Å²) in [7, 11) is 1.28. The third kappa shape index (κ3) is 12.5. The summed E-state index contributed by atoms with van der Waals surface area (Å²) in [4.78, 5) is 12.2. The summed E-state index contributed by atoms with van der Waals surface area (Å²) in [5, 5.41) is 0.0185. The van der Waals surface area contributed by atoms with E-state index in [1.54, 1.807) is 14.2 Å². The van der Waals surface area contributed by atoms with Gasteiger partial charge < -0.3 is 37.6 Å². The lowest BCUT2D eigenvalue weighted by atomic mass is 9.82. The molecule has 0 bridgehead atoms. The van der Waals surface area contributed by atoms with Gasteiger partial charge in [-0.25, -0.2) is 0 Å². The molecule has 1 saturated heterocycles. The zero-order chi connectivity index (χ0) is 37.1. The number of ether oxygens (including phenoxy) is 6. The van der Waals surface area contributed by atoms with Crippen LogP contribution in [0.1, 0.15) is 85.8 Å². The molecule has 3 rings (SSSR count). The molecule has 0 amide bonds. The minimum Gasteiger partial charge on any atom is -0.497 e. The maximum absolute atomic E-state index is 12.2. The van der Waals surface area contributed by atoms with E-state index in [-0.39, 0.29) is 53.3 Å². The fraction of sp³-hybridized carbons (Fsp3) is 0.683. The molecule has 0 saturated carbocycles. The molecule has 8 atom stereocenters. The average molecular weight is 715 g/mol. The first-order valence-electron chi connectivity index (χ1n) is 18.4. The fourth-order valence-corrected chi connectivity index (χ4v) is 7.90. The molecule has 0 radical (unpaired) electrons. The second kappa shape index (κ2) is 19.1. The Morgan fingerprint density at radius 2 is 1.50 bits per heavy atom. The average Bonchev–Trinajstić information content (AvgIpc) is 3.08. The van der Waals surface area contributed by atoms with Crippen LogP contribution in [-0.4, -0.2) is 71.7 Å². The first-order chi connectivity index (χ1) is 23.5. The van der Waals surface area contributed by atoms with Crippen LogP contribution < -0.4 is 4.74 Å². The maximum atomic E-state index is 12.2. The SMILES string of the molecule is COc1ccc(CO[C@@H](CCOCc2ccccc2)C[C@H](OC)[C@@H](C)[C@@H]2C[C@H]([C@H](C)[C@H](O[Si](C)(C)C(C)(C)C)[C@@H](C)C=O)OC(C)(C)O2)cc1. The minimum absolute atomic E-state index is 0.0185. The molecule has 1 aliphatic rings. The van der Waals surface area contributed by atoms with Crippen LogP contribution in [-0.2, 0) is 46.1 Å². The molecule has 2 aromatic carbocycles. The lowest BCUT2D eigenvalue weighted by Gasteiger charge is -2.49. The summed E-state index contributed by atoms with van der Waals surface area (Å²) >= 11 is 0. The Hall–Kier alpha value is -2.11. The third-order valence-corrected chi connectivity index (χ3v) is 15.2. The Morgan fingerprint density at radius 1 is 0.900 bits per heavy atom. The quantitative estimate of drug-likeness (QED) is 0.0764. The summed E-state index contributed by atoms with van der Waals surface area (Å²) in [5.41, 5.74) is 2.22. The highest BCUT2D eigenvalue weighted by Gasteiger charge is 2.47. The van der Waals surface area contributed by atoms with Crippen molar-refractivity contribution >= 4 is 14.6 Å². The van der Waals surface area contributed by atoms with Gasteiger partial charge >= 0.3 is 0 Å². The van der Waals surface area contributed by atoms with Crippen LogP contribution in [0.2, 0.25) is 18.1 Å². The zero-order valence-electron chi connectivity index (χ0n) is 32.9. The van der Waals surface area contributed by atoms with Crippen molar-refractivity contribution in [3.8, 4) is 5.75 Å². The number of rotatable bonds is 20. The van der Waals surface area contributed by atoms with Gasteiger partial charge in [-0.3, -0.25) is 0 Å². The molecule has 50 heavy (non-hydrogen) atoms. The van der Waals surface area contributed by atoms with E-state index in [0.29, 0.717) is 32.7 Å². The van der Waals surface area contributed by atoms with E-state index < -0.39 is 14.1 Å². The Morgan fingerprint density at radius 3 is 2.06 bits per heavy atom. The van der Waals surface area contributed by atoms with Gasteiger partial charge in [-0.1, -0.05) is 84.0 Å². The van der Waals surface area contributed by atoms with Crippen molar-refractivity contribution in [3.05, 3.63) is 65.7 Å². The van der Waals surface area contributed by atoms with Gasteiger partial charge in [0, 0.05) is 44.3 Å². The second-order valence-electron chi connectivity index (χ2n) is 16.1. The molecule has 0 spiro atoms. The zero-order valence-corrected chi connectivity index (χ0v) is 33.9. The number of aldehydes is 1. The number of carbonyl (C=O) groups is 1. The molecule has 0 unspecified atom stereocenters. The highest BCUT2D eigenvalue weighted by molar-refractivity contribution is 6.74. The molecule has 9 heteroatoms. The number of benzene rings is 2. The molecular formula is C41H66O8Si. The first kappa shape index (κ1) is 42.3. The van der Waals surface area contributed by atoms with E-state index in [2.05, 4.69) is 59.8 Å². The normalized spacial score (nSPS) is 21.8. The molecular weight excluding hydrogens is 649 g/mol. The molecule has 1 aliphatic heterocycles. The van der Waals surface area contributed by atoms with E-state index in [4.69, 9.17) is 32.8 Å². The van der Waals surface area contributed by atoms with E-state index in [9.17, 15) is 4.79 Å². The van der Waals surface area contributed by atoms with Gasteiger partial charge in [0.1, 0.15) is 12.0 Å². The predicted molar refractivity (Wildman–Crippen MR) is 202 cm³/mol. The summed E-state index contributed by atoms with van der Waals surface area (Å²) in [5.74, 6) is -0.234.